The van der Waals surface area contributed by atoms with Crippen LogP contribution in [0.1, 0.15) is 39.1 Å². The van der Waals surface area contributed by atoms with Gasteiger partial charge in [-0.2, -0.15) is 0 Å². The van der Waals surface area contributed by atoms with E-state index < -0.39 is 17.9 Å². The molecule has 0 saturated carbocycles. The second-order valence-corrected chi connectivity index (χ2v) is 8.28. The van der Waals surface area contributed by atoms with Crippen molar-refractivity contribution in [3.8, 4) is 0 Å². The summed E-state index contributed by atoms with van der Waals surface area (Å²) in [7, 11) is 0. The summed E-state index contributed by atoms with van der Waals surface area (Å²) >= 11 is 0. The van der Waals surface area contributed by atoms with Gasteiger partial charge in [0, 0.05) is 6.21 Å². The molecule has 0 N–H and O–H groups in total. The van der Waals surface area contributed by atoms with Crippen LogP contribution in [0.4, 0.5) is 0 Å². The summed E-state index contributed by atoms with van der Waals surface area (Å²) in [5.41, 5.74) is 1.83. The van der Waals surface area contributed by atoms with Crippen LogP contribution >= 0.6 is 0 Å². The molecule has 0 spiro atoms. The predicted molar refractivity (Wildman–Crippen MR) is 150 cm³/mol. The minimum atomic E-state index is -0.659. The first-order chi connectivity index (χ1) is 19.4. The quantitative estimate of drug-likeness (QED) is 0.186. The van der Waals surface area contributed by atoms with Crippen LogP contribution in [0.2, 0.25) is 0 Å². The van der Waals surface area contributed by atoms with Gasteiger partial charge >= 0.3 is 35.0 Å². The molecule has 0 unspecified atom stereocenters. The first kappa shape index (κ1) is 31.1. The Morgan fingerprint density at radius 3 is 1.85 bits per heavy atom. The van der Waals surface area contributed by atoms with E-state index in [4.69, 9.17) is 14.2 Å². The van der Waals surface area contributed by atoms with Crippen LogP contribution in [0.5, 0.6) is 0 Å². The summed E-state index contributed by atoms with van der Waals surface area (Å²) in [4.78, 5) is 56.7. The van der Waals surface area contributed by atoms with Crippen molar-refractivity contribution in [2.75, 3.05) is 19.8 Å². The molecule has 2 aliphatic rings. The molecule has 0 bridgehead atoms. The van der Waals surface area contributed by atoms with E-state index in [1.165, 1.54) is 0 Å². The molecule has 0 aliphatic carbocycles. The van der Waals surface area contributed by atoms with E-state index in [0.717, 1.165) is 0 Å². The van der Waals surface area contributed by atoms with E-state index in [1.54, 1.807) is 75.6 Å². The van der Waals surface area contributed by atoms with Crippen LogP contribution in [-0.4, -0.2) is 49.7 Å². The van der Waals surface area contributed by atoms with Crippen LogP contribution in [0.25, 0.3) is 22.8 Å². The normalized spacial score (nSPS) is 17.2. The number of hydrogen-bond donors (Lipinski definition) is 0. The molecule has 0 amide bonds. The van der Waals surface area contributed by atoms with Crippen LogP contribution in [0.3, 0.4) is 0 Å². The number of aliphatic imine (C=N–C) groups is 2. The molecule has 41 heavy (non-hydrogen) atoms. The van der Waals surface area contributed by atoms with Crippen molar-refractivity contribution in [3.05, 3.63) is 82.0 Å². The van der Waals surface area contributed by atoms with Crippen molar-refractivity contribution >= 4 is 52.6 Å². The average Bonchev–Trinajstić information content (AvgIpc) is 3.75. The second kappa shape index (κ2) is 14.2. The molecule has 0 aromatic carbocycles. The van der Waals surface area contributed by atoms with Crippen molar-refractivity contribution in [2.45, 2.75) is 27.7 Å². The van der Waals surface area contributed by atoms with Gasteiger partial charge in [-0.3, -0.25) is 4.99 Å². The number of rotatable bonds is 9. The largest absolute Gasteiger partial charge is 3.00 e. The zero-order chi connectivity index (χ0) is 28.6. The Labute approximate surface area is 247 Å². The summed E-state index contributed by atoms with van der Waals surface area (Å²) in [5.74, 6) is -1.83. The molecule has 2 aromatic heterocycles. The number of carbonyl (C=O) groups is 3. The van der Waals surface area contributed by atoms with Gasteiger partial charge in [-0.1, -0.05) is 24.3 Å². The fraction of sp³-hybridized carbons (Fsp3) is 0.233. The minimum absolute atomic E-state index is 0. The van der Waals surface area contributed by atoms with Gasteiger partial charge < -0.3 is 24.2 Å². The van der Waals surface area contributed by atoms with Crippen LogP contribution in [0, 0.1) is 0 Å². The molecule has 0 radical (unpaired) electrons. The first-order valence-electron chi connectivity index (χ1n) is 12.8. The van der Waals surface area contributed by atoms with Crippen molar-refractivity contribution < 1.29 is 45.7 Å². The zero-order valence-electron chi connectivity index (χ0n) is 23.0. The smallest absolute Gasteiger partial charge is 0.657 e. The summed E-state index contributed by atoms with van der Waals surface area (Å²) in [6.07, 6.45) is 9.95. The topological polar surface area (TPSA) is 132 Å². The molecule has 0 saturated heterocycles. The average molecular weight is 596 g/mol. The van der Waals surface area contributed by atoms with Gasteiger partial charge in [-0.25, -0.2) is 19.4 Å². The molecule has 4 heterocycles. The van der Waals surface area contributed by atoms with E-state index in [1.807, 2.05) is 13.0 Å². The summed E-state index contributed by atoms with van der Waals surface area (Å²) in [5, 5.41) is 1.10. The van der Waals surface area contributed by atoms with Gasteiger partial charge in [0.15, 0.2) is 0 Å². The van der Waals surface area contributed by atoms with E-state index in [9.17, 15) is 14.4 Å². The Balaban J connectivity index is 0.00000462. The molecule has 2 aliphatic heterocycles. The van der Waals surface area contributed by atoms with Crippen molar-refractivity contribution in [3.63, 3.8) is 0 Å². The van der Waals surface area contributed by atoms with E-state index >= 15 is 0 Å². The third-order valence-electron chi connectivity index (χ3n) is 5.77. The van der Waals surface area contributed by atoms with E-state index in [0.29, 0.717) is 16.4 Å². The maximum absolute atomic E-state index is 13.2. The fourth-order valence-corrected chi connectivity index (χ4v) is 4.04. The number of carbonyl (C=O) groups excluding carboxylic acids is 3. The molecular weight excluding hydrogens is 567 g/mol. The molecule has 10 nitrogen and oxygen atoms in total. The Morgan fingerprint density at radius 1 is 0.756 bits per heavy atom. The Kier molecular flexibility index (Phi) is 10.8. The van der Waals surface area contributed by atoms with Crippen molar-refractivity contribution in [1.29, 1.82) is 0 Å². The maximum Gasteiger partial charge on any atom is 3.00 e. The second-order valence-electron chi connectivity index (χ2n) is 8.28. The van der Waals surface area contributed by atoms with Crippen LogP contribution < -0.4 is 20.7 Å². The zero-order valence-corrected chi connectivity index (χ0v) is 24.2. The van der Waals surface area contributed by atoms with Gasteiger partial charge in [0.2, 0.25) is 0 Å². The SMILES string of the molecule is C/C=c1/cc/c(=C(\C(=O)OCC)C2=N/C(=C(/C(=O)OCC)c3ccc(/C(C(=O)OCC)=C4/C=CC=N4)[n-]3)C=C2)[n-]1.[Mn+3]. The first-order valence-corrected chi connectivity index (χ1v) is 12.8. The number of nitrogens with zero attached hydrogens (tertiary/aromatic N) is 4. The van der Waals surface area contributed by atoms with Crippen LogP contribution in [0.15, 0.2) is 69.9 Å². The Morgan fingerprint density at radius 2 is 1.34 bits per heavy atom. The van der Waals surface area contributed by atoms with Gasteiger partial charge in [0.1, 0.15) is 0 Å². The van der Waals surface area contributed by atoms with E-state index in [-0.39, 0.29) is 76.4 Å². The number of hydrogen-bond acceptors (Lipinski definition) is 8. The van der Waals surface area contributed by atoms with E-state index in [2.05, 4.69) is 20.0 Å². The molecule has 0 fully saturated rings. The molecule has 2 aromatic rings. The third-order valence-corrected chi connectivity index (χ3v) is 5.77. The van der Waals surface area contributed by atoms with Gasteiger partial charge in [0.05, 0.1) is 53.6 Å². The van der Waals surface area contributed by atoms with Gasteiger partial charge in [-0.05, 0) is 52.0 Å². The Hall–Kier alpha value is -4.47. The van der Waals surface area contributed by atoms with Crippen LogP contribution in [-0.2, 0) is 45.7 Å². The van der Waals surface area contributed by atoms with Crippen molar-refractivity contribution in [2.24, 2.45) is 9.98 Å². The molecule has 210 valence electrons. The number of esters is 3. The maximum atomic E-state index is 13.2. The standard InChI is InChI=1S/C30H29N4O6.Mn/c1-5-18-11-12-20(32-18)26(29(36)39-7-3)22-15-16-24(34-22)27(30(37)40-8-4)23-14-13-21(33-23)25(28(35)38-6-2)19-10-9-17-31-19;/h5,9-17H,6-8H2,1-4H3,(H-,31,32,33,34,35,36,37);/q-1;+3/p-1/b18-5-;. The summed E-state index contributed by atoms with van der Waals surface area (Å²) in [6.45, 7) is 7.41. The van der Waals surface area contributed by atoms with Gasteiger partial charge in [-0.15, -0.1) is 28.2 Å². The monoisotopic (exact) mass is 595 g/mol. The van der Waals surface area contributed by atoms with Gasteiger partial charge in [0.25, 0.3) is 0 Å². The third kappa shape index (κ3) is 6.82. The number of allylic oxidation sites excluding steroid dienone is 4. The predicted octanol–water partition coefficient (Wildman–Crippen LogP) is 2.01. The summed E-state index contributed by atoms with van der Waals surface area (Å²) in [6, 6.07) is 6.69. The summed E-state index contributed by atoms with van der Waals surface area (Å²) < 4.78 is 15.8. The molecule has 11 heteroatoms. The van der Waals surface area contributed by atoms with Crippen molar-refractivity contribution in [1.82, 2.24) is 9.97 Å². The number of ether oxygens (including phenoxy) is 3. The fourth-order valence-electron chi connectivity index (χ4n) is 4.04. The Bertz CT molecular complexity index is 1630. The number of aromatic nitrogens is 2. The minimum Gasteiger partial charge on any atom is -0.657 e. The molecule has 0 atom stereocenters. The molecular formula is C30H28MnN4O6+. The molecule has 4 rings (SSSR count).